The van der Waals surface area contributed by atoms with Crippen LogP contribution in [0.15, 0.2) is 91.5 Å². The molecular weight excluding hydrogens is 502 g/mol. The number of halogens is 1. The Morgan fingerprint density at radius 1 is 0.895 bits per heavy atom. The van der Waals surface area contributed by atoms with Crippen LogP contribution in [0.5, 0.6) is 5.75 Å². The maximum atomic E-state index is 10.9. The van der Waals surface area contributed by atoms with Crippen molar-refractivity contribution in [2.45, 2.75) is 25.5 Å². The molecule has 2 heterocycles. The SMILES string of the molecule is O=[N+]([O-])c1ccc(N2CCN(c3ccc(OC(CCc4ccc(Cl)cc4)Cn4ccnc4)cc3)CC2)cc1. The van der Waals surface area contributed by atoms with E-state index >= 15 is 0 Å². The van der Waals surface area contributed by atoms with Crippen LogP contribution in [-0.4, -0.2) is 46.8 Å². The summed E-state index contributed by atoms with van der Waals surface area (Å²) in [5.41, 5.74) is 3.53. The van der Waals surface area contributed by atoms with Gasteiger partial charge in [0.05, 0.1) is 17.8 Å². The lowest BCUT2D eigenvalue weighted by molar-refractivity contribution is -0.384. The molecule has 0 N–H and O–H groups in total. The van der Waals surface area contributed by atoms with Crippen LogP contribution >= 0.6 is 11.6 Å². The number of piperazine rings is 1. The zero-order valence-electron chi connectivity index (χ0n) is 21.0. The van der Waals surface area contributed by atoms with Crippen LogP contribution in [0, 0.1) is 10.1 Å². The molecule has 9 heteroatoms. The van der Waals surface area contributed by atoms with E-state index in [2.05, 4.69) is 39.0 Å². The molecule has 0 amide bonds. The molecule has 0 saturated carbocycles. The number of nitro benzene ring substituents is 1. The lowest BCUT2D eigenvalue weighted by Crippen LogP contribution is -2.46. The van der Waals surface area contributed by atoms with Gasteiger partial charge in [0.1, 0.15) is 11.9 Å². The molecule has 38 heavy (non-hydrogen) atoms. The third-order valence-corrected chi connectivity index (χ3v) is 7.10. The Balaban J connectivity index is 1.17. The number of ether oxygens (including phenoxy) is 1. The number of nitro groups is 1. The molecule has 1 saturated heterocycles. The van der Waals surface area contributed by atoms with Crippen LogP contribution in [0.1, 0.15) is 12.0 Å². The summed E-state index contributed by atoms with van der Waals surface area (Å²) in [4.78, 5) is 19.3. The van der Waals surface area contributed by atoms with Gasteiger partial charge in [0.2, 0.25) is 0 Å². The van der Waals surface area contributed by atoms with Crippen molar-refractivity contribution in [3.05, 3.63) is 112 Å². The molecule has 8 nitrogen and oxygen atoms in total. The van der Waals surface area contributed by atoms with Crippen LogP contribution in [0.3, 0.4) is 0 Å². The first-order valence-electron chi connectivity index (χ1n) is 12.7. The summed E-state index contributed by atoms with van der Waals surface area (Å²) in [6.07, 6.45) is 7.32. The molecule has 0 bridgehead atoms. The predicted molar refractivity (Wildman–Crippen MR) is 150 cm³/mol. The van der Waals surface area contributed by atoms with Crippen molar-refractivity contribution in [1.82, 2.24) is 9.55 Å². The highest BCUT2D eigenvalue weighted by atomic mass is 35.5. The molecule has 3 aromatic carbocycles. The van der Waals surface area contributed by atoms with E-state index in [1.54, 1.807) is 18.3 Å². The number of aryl methyl sites for hydroxylation is 1. The van der Waals surface area contributed by atoms with Crippen LogP contribution in [0.4, 0.5) is 17.1 Å². The Morgan fingerprint density at radius 2 is 1.50 bits per heavy atom. The van der Waals surface area contributed by atoms with E-state index in [4.69, 9.17) is 16.3 Å². The summed E-state index contributed by atoms with van der Waals surface area (Å²) in [7, 11) is 0. The summed E-state index contributed by atoms with van der Waals surface area (Å²) in [6.45, 7) is 4.19. The van der Waals surface area contributed by atoms with Crippen molar-refractivity contribution in [2.24, 2.45) is 0 Å². The molecule has 196 valence electrons. The first kappa shape index (κ1) is 25.6. The van der Waals surface area contributed by atoms with E-state index in [0.29, 0.717) is 0 Å². The summed E-state index contributed by atoms with van der Waals surface area (Å²) in [5.74, 6) is 0.847. The first-order chi connectivity index (χ1) is 18.5. The van der Waals surface area contributed by atoms with Crippen molar-refractivity contribution in [1.29, 1.82) is 0 Å². The van der Waals surface area contributed by atoms with Gasteiger partial charge in [0.25, 0.3) is 5.69 Å². The van der Waals surface area contributed by atoms with Gasteiger partial charge >= 0.3 is 0 Å². The first-order valence-corrected chi connectivity index (χ1v) is 13.1. The minimum absolute atomic E-state index is 0.00373. The third-order valence-electron chi connectivity index (χ3n) is 6.85. The number of hydrogen-bond donors (Lipinski definition) is 0. The van der Waals surface area contributed by atoms with Gasteiger partial charge in [0, 0.05) is 67.1 Å². The highest BCUT2D eigenvalue weighted by Gasteiger charge is 2.19. The minimum Gasteiger partial charge on any atom is -0.489 e. The van der Waals surface area contributed by atoms with Crippen molar-refractivity contribution < 1.29 is 9.66 Å². The van der Waals surface area contributed by atoms with E-state index in [1.165, 1.54) is 5.56 Å². The van der Waals surface area contributed by atoms with Crippen LogP contribution in [0.25, 0.3) is 0 Å². The highest BCUT2D eigenvalue weighted by molar-refractivity contribution is 6.30. The number of rotatable bonds is 10. The quantitative estimate of drug-likeness (QED) is 0.189. The monoisotopic (exact) mass is 531 g/mol. The smallest absolute Gasteiger partial charge is 0.269 e. The molecule has 0 radical (unpaired) electrons. The largest absolute Gasteiger partial charge is 0.489 e. The van der Waals surface area contributed by atoms with Gasteiger partial charge in [-0.25, -0.2) is 4.98 Å². The number of imidazole rings is 1. The Hall–Kier alpha value is -4.04. The molecule has 1 fully saturated rings. The van der Waals surface area contributed by atoms with Crippen LogP contribution in [0.2, 0.25) is 5.02 Å². The molecular formula is C29H30ClN5O3. The van der Waals surface area contributed by atoms with E-state index in [0.717, 1.165) is 67.7 Å². The van der Waals surface area contributed by atoms with Gasteiger partial charge in [-0.3, -0.25) is 10.1 Å². The number of benzene rings is 3. The normalized spacial score (nSPS) is 14.3. The minimum atomic E-state index is -0.366. The molecule has 1 atom stereocenters. The van der Waals surface area contributed by atoms with Crippen molar-refractivity contribution in [2.75, 3.05) is 36.0 Å². The summed E-state index contributed by atoms with van der Waals surface area (Å²) in [6, 6.07) is 23.1. The molecule has 1 aromatic heterocycles. The maximum Gasteiger partial charge on any atom is 0.269 e. The molecule has 4 aromatic rings. The summed E-state index contributed by atoms with van der Waals surface area (Å²) >= 11 is 6.03. The molecule has 1 unspecified atom stereocenters. The Labute approximate surface area is 227 Å². The third kappa shape index (κ3) is 6.63. The van der Waals surface area contributed by atoms with E-state index in [9.17, 15) is 10.1 Å². The zero-order valence-corrected chi connectivity index (χ0v) is 21.8. The zero-order chi connectivity index (χ0) is 26.3. The molecule has 1 aliphatic rings. The van der Waals surface area contributed by atoms with Gasteiger partial charge in [-0.1, -0.05) is 23.7 Å². The molecule has 1 aliphatic heterocycles. The average Bonchev–Trinajstić information content (AvgIpc) is 3.46. The predicted octanol–water partition coefficient (Wildman–Crippen LogP) is 5.85. The fourth-order valence-electron chi connectivity index (χ4n) is 4.73. The van der Waals surface area contributed by atoms with E-state index < -0.39 is 0 Å². The Kier molecular flexibility index (Phi) is 8.09. The van der Waals surface area contributed by atoms with Crippen molar-refractivity contribution in [3.8, 4) is 5.75 Å². The lowest BCUT2D eigenvalue weighted by Gasteiger charge is -2.37. The fraction of sp³-hybridized carbons (Fsp3) is 0.276. The Bertz CT molecular complexity index is 1300. The standard InChI is InChI=1S/C29H30ClN5O3/c30-24-4-1-23(2-5-24)3-12-29(21-32-16-15-31-22-32)38-28-13-10-26(11-14-28)34-19-17-33(18-20-34)25-6-8-27(9-7-25)35(36)37/h1-2,4-11,13-16,22,29H,3,12,17-21H2. The number of anilines is 2. The highest BCUT2D eigenvalue weighted by Crippen LogP contribution is 2.25. The number of nitrogens with zero attached hydrogens (tertiary/aromatic N) is 5. The summed E-state index contributed by atoms with van der Waals surface area (Å²) in [5, 5.41) is 11.7. The number of non-ortho nitro benzene ring substituents is 1. The fourth-order valence-corrected chi connectivity index (χ4v) is 4.86. The van der Waals surface area contributed by atoms with Gasteiger partial charge in [-0.05, 0) is 66.9 Å². The van der Waals surface area contributed by atoms with Gasteiger partial charge in [-0.2, -0.15) is 0 Å². The van der Waals surface area contributed by atoms with E-state index in [1.807, 2.05) is 53.5 Å². The maximum absolute atomic E-state index is 10.9. The average molecular weight is 532 g/mol. The number of hydrogen-bond acceptors (Lipinski definition) is 6. The topological polar surface area (TPSA) is 76.7 Å². The summed E-state index contributed by atoms with van der Waals surface area (Å²) < 4.78 is 8.47. The van der Waals surface area contributed by atoms with Gasteiger partial charge < -0.3 is 19.1 Å². The molecule has 5 rings (SSSR count). The lowest BCUT2D eigenvalue weighted by atomic mass is 10.1. The van der Waals surface area contributed by atoms with Gasteiger partial charge in [-0.15, -0.1) is 0 Å². The van der Waals surface area contributed by atoms with Crippen LogP contribution in [-0.2, 0) is 13.0 Å². The van der Waals surface area contributed by atoms with Crippen molar-refractivity contribution >= 4 is 28.7 Å². The Morgan fingerprint density at radius 3 is 2.05 bits per heavy atom. The van der Waals surface area contributed by atoms with Crippen molar-refractivity contribution in [3.63, 3.8) is 0 Å². The molecule has 0 aliphatic carbocycles. The second-order valence-corrected chi connectivity index (χ2v) is 9.84. The van der Waals surface area contributed by atoms with Gasteiger partial charge in [0.15, 0.2) is 0 Å². The second kappa shape index (κ2) is 12.0. The van der Waals surface area contributed by atoms with Crippen LogP contribution < -0.4 is 14.5 Å². The molecule has 0 spiro atoms. The van der Waals surface area contributed by atoms with E-state index in [-0.39, 0.29) is 16.7 Å². The second-order valence-electron chi connectivity index (χ2n) is 9.41. The number of aromatic nitrogens is 2.